The van der Waals surface area contributed by atoms with Gasteiger partial charge in [-0.25, -0.2) is 0 Å². The summed E-state index contributed by atoms with van der Waals surface area (Å²) in [5, 5.41) is 5.98. The third-order valence-electron chi connectivity index (χ3n) is 12.3. The van der Waals surface area contributed by atoms with Crippen LogP contribution in [0.15, 0.2) is 188 Å². The lowest BCUT2D eigenvalue weighted by Crippen LogP contribution is -2.70. The molecule has 2 aliphatic heterocycles. The highest BCUT2D eigenvalue weighted by molar-refractivity contribution is 7.24. The van der Waals surface area contributed by atoms with Crippen LogP contribution in [0.3, 0.4) is 0 Å². The number of fused-ring (bicyclic) bond motifs is 13. The Morgan fingerprint density at radius 2 is 0.811 bits per heavy atom. The molecule has 0 atom stereocenters. The summed E-state index contributed by atoms with van der Waals surface area (Å²) >= 11 is 0. The van der Waals surface area contributed by atoms with E-state index in [-0.39, 0.29) is 5.41 Å². The number of benzene rings is 8. The number of hydrogen-bond donors (Lipinski definition) is 0. The van der Waals surface area contributed by atoms with Gasteiger partial charge in [0.2, 0.25) is 0 Å². The van der Waals surface area contributed by atoms with Crippen molar-refractivity contribution in [2.45, 2.75) is 19.3 Å². The molecule has 1 spiro atoms. The van der Waals surface area contributed by atoms with E-state index in [0.29, 0.717) is 0 Å². The Morgan fingerprint density at radius 3 is 1.47 bits per heavy atom. The minimum absolute atomic E-state index is 0.104. The van der Waals surface area contributed by atoms with E-state index in [0.717, 1.165) is 5.69 Å². The van der Waals surface area contributed by atoms with Crippen molar-refractivity contribution < 1.29 is 0 Å². The third-order valence-corrected chi connectivity index (χ3v) is 17.2. The van der Waals surface area contributed by atoms with Gasteiger partial charge < -0.3 is 4.90 Å². The molecule has 0 unspecified atom stereocenters. The molecule has 0 aromatic heterocycles. The zero-order valence-corrected chi connectivity index (χ0v) is 30.8. The molecular formula is C51H37NSi. The first-order valence-corrected chi connectivity index (χ1v) is 20.7. The van der Waals surface area contributed by atoms with Crippen molar-refractivity contribution in [1.82, 2.24) is 0 Å². The van der Waals surface area contributed by atoms with E-state index in [1.165, 1.54) is 87.8 Å². The van der Waals surface area contributed by atoms with Crippen molar-refractivity contribution >= 4 is 45.9 Å². The maximum atomic E-state index is 2.56. The Labute approximate surface area is 312 Å². The average molecular weight is 692 g/mol. The Morgan fingerprint density at radius 1 is 0.340 bits per heavy atom. The van der Waals surface area contributed by atoms with E-state index in [9.17, 15) is 0 Å². The molecule has 250 valence electrons. The predicted molar refractivity (Wildman–Crippen MR) is 226 cm³/mol. The van der Waals surface area contributed by atoms with Crippen molar-refractivity contribution in [2.24, 2.45) is 0 Å². The van der Waals surface area contributed by atoms with E-state index in [2.05, 4.69) is 207 Å². The van der Waals surface area contributed by atoms with Crippen LogP contribution in [0.4, 0.5) is 17.1 Å². The number of nitrogens with zero attached hydrogens (tertiary/aromatic N) is 1. The van der Waals surface area contributed by atoms with Crippen molar-refractivity contribution in [3.8, 4) is 44.5 Å². The van der Waals surface area contributed by atoms with E-state index >= 15 is 0 Å². The van der Waals surface area contributed by atoms with Crippen LogP contribution in [0, 0.1) is 0 Å². The topological polar surface area (TPSA) is 3.24 Å². The van der Waals surface area contributed by atoms with Gasteiger partial charge in [0.15, 0.2) is 8.07 Å². The highest BCUT2D eigenvalue weighted by Gasteiger charge is 2.54. The van der Waals surface area contributed by atoms with Crippen LogP contribution in [0.25, 0.3) is 44.5 Å². The number of hydrogen-bond acceptors (Lipinski definition) is 1. The number of anilines is 3. The molecule has 0 fully saturated rings. The van der Waals surface area contributed by atoms with E-state index in [1.807, 2.05) is 0 Å². The summed E-state index contributed by atoms with van der Waals surface area (Å²) in [5.41, 5.74) is 16.8. The van der Waals surface area contributed by atoms with Gasteiger partial charge in [-0.3, -0.25) is 0 Å². The van der Waals surface area contributed by atoms with Gasteiger partial charge in [0.25, 0.3) is 0 Å². The van der Waals surface area contributed by atoms with Gasteiger partial charge in [0, 0.05) is 22.5 Å². The first-order chi connectivity index (χ1) is 26.0. The molecule has 8 aromatic rings. The molecule has 8 aromatic carbocycles. The van der Waals surface area contributed by atoms with Crippen LogP contribution >= 0.6 is 0 Å². The Kier molecular flexibility index (Phi) is 6.39. The second-order valence-electron chi connectivity index (χ2n) is 15.3. The molecule has 53 heavy (non-hydrogen) atoms. The summed E-state index contributed by atoms with van der Waals surface area (Å²) in [4.78, 5) is 2.50. The number of rotatable bonds is 4. The molecule has 0 radical (unpaired) electrons. The average Bonchev–Trinajstić information content (AvgIpc) is 3.77. The molecule has 3 aliphatic rings. The fourth-order valence-electron chi connectivity index (χ4n) is 9.96. The van der Waals surface area contributed by atoms with E-state index in [1.54, 1.807) is 0 Å². The Bertz CT molecular complexity index is 2710. The second kappa shape index (κ2) is 11.1. The van der Waals surface area contributed by atoms with Crippen LogP contribution in [-0.2, 0) is 5.41 Å². The van der Waals surface area contributed by atoms with Gasteiger partial charge in [0.1, 0.15) is 0 Å². The van der Waals surface area contributed by atoms with Crippen molar-refractivity contribution in [2.75, 3.05) is 4.90 Å². The minimum Gasteiger partial charge on any atom is -0.310 e. The van der Waals surface area contributed by atoms with Crippen LogP contribution in [0.1, 0.15) is 25.0 Å². The van der Waals surface area contributed by atoms with E-state index in [4.69, 9.17) is 0 Å². The summed E-state index contributed by atoms with van der Waals surface area (Å²) in [6, 6.07) is 70.9. The molecule has 0 amide bonds. The van der Waals surface area contributed by atoms with Gasteiger partial charge in [0.05, 0.1) is 0 Å². The molecule has 2 heterocycles. The summed E-state index contributed by atoms with van der Waals surface area (Å²) in [6.45, 7) is 4.75. The zero-order valence-electron chi connectivity index (χ0n) is 29.8. The highest BCUT2D eigenvalue weighted by Crippen LogP contribution is 2.51. The highest BCUT2D eigenvalue weighted by atomic mass is 28.3. The molecule has 2 heteroatoms. The smallest absolute Gasteiger partial charge is 0.182 e. The quantitative estimate of drug-likeness (QED) is 0.166. The monoisotopic (exact) mass is 691 g/mol. The van der Waals surface area contributed by atoms with Crippen LogP contribution in [-0.4, -0.2) is 8.07 Å². The minimum atomic E-state index is -2.60. The van der Waals surface area contributed by atoms with Gasteiger partial charge in [-0.05, 0) is 113 Å². The predicted octanol–water partition coefficient (Wildman–Crippen LogP) is 10.5. The Balaban J connectivity index is 1.17. The Hall–Kier alpha value is -6.22. The lowest BCUT2D eigenvalue weighted by Gasteiger charge is -2.31. The first kappa shape index (κ1) is 30.4. The third kappa shape index (κ3) is 4.13. The van der Waals surface area contributed by atoms with Gasteiger partial charge >= 0.3 is 0 Å². The van der Waals surface area contributed by atoms with E-state index < -0.39 is 8.07 Å². The molecule has 1 nitrogen and oxygen atoms in total. The molecular weight excluding hydrogens is 655 g/mol. The normalized spacial score (nSPS) is 14.5. The van der Waals surface area contributed by atoms with Crippen LogP contribution in [0.2, 0.25) is 0 Å². The van der Waals surface area contributed by atoms with Crippen LogP contribution in [0.5, 0.6) is 0 Å². The van der Waals surface area contributed by atoms with Crippen molar-refractivity contribution in [3.63, 3.8) is 0 Å². The summed E-state index contributed by atoms with van der Waals surface area (Å²) in [6.07, 6.45) is 0. The first-order valence-electron chi connectivity index (χ1n) is 18.7. The molecule has 0 saturated heterocycles. The maximum Gasteiger partial charge on any atom is 0.182 e. The fourth-order valence-corrected chi connectivity index (χ4v) is 15.6. The maximum absolute atomic E-state index is 2.60. The fraction of sp³-hybridized carbons (Fsp3) is 0.0588. The van der Waals surface area contributed by atoms with Crippen molar-refractivity contribution in [3.05, 3.63) is 199 Å². The second-order valence-corrected chi connectivity index (χ2v) is 18.9. The zero-order chi connectivity index (χ0) is 35.3. The van der Waals surface area contributed by atoms with Gasteiger partial charge in [-0.1, -0.05) is 166 Å². The van der Waals surface area contributed by atoms with Gasteiger partial charge in [-0.15, -0.1) is 0 Å². The molecule has 0 bridgehead atoms. The molecule has 1 aliphatic carbocycles. The summed E-state index contributed by atoms with van der Waals surface area (Å²) in [5.74, 6) is 0. The summed E-state index contributed by atoms with van der Waals surface area (Å²) < 4.78 is 0. The van der Waals surface area contributed by atoms with Crippen LogP contribution < -0.4 is 25.6 Å². The molecule has 11 rings (SSSR count). The van der Waals surface area contributed by atoms with Gasteiger partial charge in [-0.2, -0.15) is 0 Å². The standard InChI is InChI=1S/C51H37NSi/c1-51(2)45-23-10-6-19-39(45)40-29-27-37(32-46(40)51)52(36-18-14-17-35(31-36)34-15-4-3-5-16-34)38-28-30-44-43-22-9-13-26-49(43)53(50(44)33-38)47-24-11-7-20-41(47)42-21-8-12-25-48(42)53/h3-33H,1-2H3. The SMILES string of the molecule is CC1(C)c2ccccc2-c2ccc(N(c3cccc(-c4ccccc4)c3)c3ccc4c(c3)[Si]3(c5ccccc5-c5ccccc53)c3ccccc3-4)cc21. The van der Waals surface area contributed by atoms with Crippen molar-refractivity contribution in [1.29, 1.82) is 0 Å². The molecule has 0 saturated carbocycles. The lowest BCUT2D eigenvalue weighted by molar-refractivity contribution is 0.660. The lowest BCUT2D eigenvalue weighted by atomic mass is 9.82. The largest absolute Gasteiger partial charge is 0.310 e. The summed E-state index contributed by atoms with van der Waals surface area (Å²) in [7, 11) is -2.60. The molecule has 0 N–H and O–H groups in total.